The Morgan fingerprint density at radius 3 is 2.63 bits per heavy atom. The van der Waals surface area contributed by atoms with Gasteiger partial charge in [0.05, 0.1) is 4.90 Å². The lowest BCUT2D eigenvalue weighted by Gasteiger charge is -2.24. The van der Waals surface area contributed by atoms with Gasteiger partial charge in [0.15, 0.2) is 0 Å². The third-order valence-electron chi connectivity index (χ3n) is 3.24. The Bertz CT molecular complexity index is 525. The van der Waals surface area contributed by atoms with Gasteiger partial charge in [-0.3, -0.25) is 0 Å². The lowest BCUT2D eigenvalue weighted by molar-refractivity contribution is 0.428. The lowest BCUT2D eigenvalue weighted by Crippen LogP contribution is -2.45. The van der Waals surface area contributed by atoms with E-state index in [0.29, 0.717) is 11.4 Å². The van der Waals surface area contributed by atoms with Crippen molar-refractivity contribution in [3.63, 3.8) is 0 Å². The molecule has 1 atom stereocenters. The van der Waals surface area contributed by atoms with Crippen molar-refractivity contribution in [1.82, 2.24) is 10.0 Å². The van der Waals surface area contributed by atoms with Crippen molar-refractivity contribution in [2.45, 2.75) is 37.6 Å². The van der Waals surface area contributed by atoms with Gasteiger partial charge >= 0.3 is 0 Å². The normalized spacial score (nSPS) is 19.8. The maximum absolute atomic E-state index is 12.3. The van der Waals surface area contributed by atoms with Crippen LogP contribution in [0.2, 0.25) is 0 Å². The Hall–Kier alpha value is -0.620. The van der Waals surface area contributed by atoms with E-state index in [-0.39, 0.29) is 18.4 Å². The molecule has 1 aromatic carbocycles. The van der Waals surface area contributed by atoms with E-state index in [4.69, 9.17) is 0 Å². The third-order valence-corrected chi connectivity index (χ3v) is 4.92. The predicted molar refractivity (Wildman–Crippen MR) is 79.4 cm³/mol. The van der Waals surface area contributed by atoms with Crippen LogP contribution in [0.1, 0.15) is 24.0 Å². The minimum atomic E-state index is -3.40. The van der Waals surface area contributed by atoms with Crippen LogP contribution in [0.25, 0.3) is 0 Å². The van der Waals surface area contributed by atoms with E-state index >= 15 is 0 Å². The first kappa shape index (κ1) is 16.4. The molecule has 6 heteroatoms. The second kappa shape index (κ2) is 6.70. The van der Waals surface area contributed by atoms with E-state index in [1.165, 1.54) is 0 Å². The summed E-state index contributed by atoms with van der Waals surface area (Å²) >= 11 is 0. The summed E-state index contributed by atoms with van der Waals surface area (Å²) in [6.07, 6.45) is 1.91. The van der Waals surface area contributed by atoms with Gasteiger partial charge < -0.3 is 5.32 Å². The molecule has 1 heterocycles. The molecule has 1 aliphatic rings. The van der Waals surface area contributed by atoms with E-state index in [0.717, 1.165) is 30.5 Å². The molecular weight excluding hydrogens is 284 g/mol. The molecule has 0 bridgehead atoms. The monoisotopic (exact) mass is 304 g/mol. The zero-order valence-electron chi connectivity index (χ0n) is 11.3. The highest BCUT2D eigenvalue weighted by Gasteiger charge is 2.22. The number of nitrogens with one attached hydrogen (secondary N) is 2. The number of rotatable bonds is 3. The van der Waals surface area contributed by atoms with Crippen molar-refractivity contribution < 1.29 is 8.42 Å². The van der Waals surface area contributed by atoms with Crippen LogP contribution in [0.15, 0.2) is 23.1 Å². The molecule has 0 aliphatic carbocycles. The number of benzene rings is 1. The molecule has 0 unspecified atom stereocenters. The summed E-state index contributed by atoms with van der Waals surface area (Å²) in [6.45, 7) is 5.48. The van der Waals surface area contributed by atoms with Crippen LogP contribution >= 0.6 is 12.4 Å². The van der Waals surface area contributed by atoms with Crippen LogP contribution in [0.3, 0.4) is 0 Å². The largest absolute Gasteiger partial charge is 0.315 e. The molecule has 1 aromatic rings. The summed E-state index contributed by atoms with van der Waals surface area (Å²) < 4.78 is 27.4. The fourth-order valence-electron chi connectivity index (χ4n) is 2.34. The van der Waals surface area contributed by atoms with Gasteiger partial charge in [-0.1, -0.05) is 17.7 Å². The second-order valence-corrected chi connectivity index (χ2v) is 6.62. The maximum Gasteiger partial charge on any atom is 0.241 e. The second-order valence-electron chi connectivity index (χ2n) is 4.93. The molecule has 2 N–H and O–H groups in total. The average Bonchev–Trinajstić information content (AvgIpc) is 2.29. The number of aryl methyl sites for hydroxylation is 2. The molecule has 1 saturated heterocycles. The number of hydrogen-bond donors (Lipinski definition) is 2. The maximum atomic E-state index is 12.3. The highest BCUT2D eigenvalue weighted by Crippen LogP contribution is 2.17. The fraction of sp³-hybridized carbons (Fsp3) is 0.538. The van der Waals surface area contributed by atoms with Crippen LogP contribution in [0.4, 0.5) is 0 Å². The smallest absolute Gasteiger partial charge is 0.241 e. The van der Waals surface area contributed by atoms with Crippen molar-refractivity contribution in [3.8, 4) is 0 Å². The highest BCUT2D eigenvalue weighted by atomic mass is 35.5. The Kier molecular flexibility index (Phi) is 5.80. The minimum Gasteiger partial charge on any atom is -0.315 e. The summed E-state index contributed by atoms with van der Waals surface area (Å²) in [5, 5.41) is 3.21. The van der Waals surface area contributed by atoms with Crippen molar-refractivity contribution in [2.75, 3.05) is 13.1 Å². The van der Waals surface area contributed by atoms with Crippen molar-refractivity contribution in [2.24, 2.45) is 0 Å². The first-order chi connectivity index (χ1) is 8.49. The number of piperidine rings is 1. The van der Waals surface area contributed by atoms with Gasteiger partial charge in [0, 0.05) is 12.6 Å². The van der Waals surface area contributed by atoms with E-state index in [1.807, 2.05) is 26.0 Å². The molecule has 0 radical (unpaired) electrons. The molecule has 0 saturated carbocycles. The van der Waals surface area contributed by atoms with E-state index in [2.05, 4.69) is 10.0 Å². The molecule has 2 rings (SSSR count). The number of halogens is 1. The van der Waals surface area contributed by atoms with Gasteiger partial charge in [-0.05, 0) is 44.9 Å². The Morgan fingerprint density at radius 2 is 2.05 bits per heavy atom. The van der Waals surface area contributed by atoms with E-state index < -0.39 is 10.0 Å². The lowest BCUT2D eigenvalue weighted by atomic mass is 10.1. The topological polar surface area (TPSA) is 58.2 Å². The first-order valence-corrected chi connectivity index (χ1v) is 7.78. The van der Waals surface area contributed by atoms with Crippen LogP contribution < -0.4 is 10.0 Å². The van der Waals surface area contributed by atoms with Gasteiger partial charge in [-0.15, -0.1) is 12.4 Å². The molecule has 0 spiro atoms. The van der Waals surface area contributed by atoms with Crippen molar-refractivity contribution >= 4 is 22.4 Å². The zero-order valence-corrected chi connectivity index (χ0v) is 12.9. The van der Waals surface area contributed by atoms with E-state index in [9.17, 15) is 8.42 Å². The number of sulfonamides is 1. The SMILES string of the molecule is Cc1ccc(S(=O)(=O)N[C@H]2CCCNC2)c(C)c1.Cl. The standard InChI is InChI=1S/C13H20N2O2S.ClH/c1-10-5-6-13(11(2)8-10)18(16,17)15-12-4-3-7-14-9-12;/h5-6,8,12,14-15H,3-4,7,9H2,1-2H3;1H/t12-;/m0./s1. The molecule has 4 nitrogen and oxygen atoms in total. The summed E-state index contributed by atoms with van der Waals surface area (Å²) in [5.74, 6) is 0. The molecular formula is C13H21ClN2O2S. The van der Waals surface area contributed by atoms with Gasteiger partial charge in [0.25, 0.3) is 0 Å². The first-order valence-electron chi connectivity index (χ1n) is 6.29. The molecule has 0 amide bonds. The molecule has 108 valence electrons. The summed E-state index contributed by atoms with van der Waals surface area (Å²) in [5.41, 5.74) is 1.87. The molecule has 19 heavy (non-hydrogen) atoms. The summed E-state index contributed by atoms with van der Waals surface area (Å²) in [6, 6.07) is 5.42. The molecule has 1 fully saturated rings. The Labute approximate surface area is 121 Å². The zero-order chi connectivity index (χ0) is 13.2. The van der Waals surface area contributed by atoms with Gasteiger partial charge in [-0.25, -0.2) is 13.1 Å². The third kappa shape index (κ3) is 4.18. The van der Waals surface area contributed by atoms with Gasteiger partial charge in [0.1, 0.15) is 0 Å². The van der Waals surface area contributed by atoms with Crippen molar-refractivity contribution in [3.05, 3.63) is 29.3 Å². The summed E-state index contributed by atoms with van der Waals surface area (Å²) in [7, 11) is -3.40. The Morgan fingerprint density at radius 1 is 1.32 bits per heavy atom. The van der Waals surface area contributed by atoms with E-state index in [1.54, 1.807) is 6.07 Å². The predicted octanol–water partition coefficient (Wildman–Crippen LogP) is 1.76. The van der Waals surface area contributed by atoms with Crippen LogP contribution in [-0.4, -0.2) is 27.5 Å². The Balaban J connectivity index is 0.00000180. The number of hydrogen-bond acceptors (Lipinski definition) is 3. The molecule has 1 aliphatic heterocycles. The van der Waals surface area contributed by atoms with Crippen molar-refractivity contribution in [1.29, 1.82) is 0 Å². The quantitative estimate of drug-likeness (QED) is 0.894. The fourth-order valence-corrected chi connectivity index (χ4v) is 3.83. The molecule has 0 aromatic heterocycles. The average molecular weight is 305 g/mol. The highest BCUT2D eigenvalue weighted by molar-refractivity contribution is 7.89. The van der Waals surface area contributed by atoms with Crippen LogP contribution in [0, 0.1) is 13.8 Å². The van der Waals surface area contributed by atoms with Crippen LogP contribution in [0.5, 0.6) is 0 Å². The van der Waals surface area contributed by atoms with Crippen LogP contribution in [-0.2, 0) is 10.0 Å². The summed E-state index contributed by atoms with van der Waals surface area (Å²) in [4.78, 5) is 0.388. The van der Waals surface area contributed by atoms with Gasteiger partial charge in [0.2, 0.25) is 10.0 Å². The van der Waals surface area contributed by atoms with Gasteiger partial charge in [-0.2, -0.15) is 0 Å². The minimum absolute atomic E-state index is 0.